The molecule has 2 rings (SSSR count). The number of rotatable bonds is 6. The lowest BCUT2D eigenvalue weighted by molar-refractivity contribution is -0.131. The minimum atomic E-state index is 0.0736. The summed E-state index contributed by atoms with van der Waals surface area (Å²) in [4.78, 5) is 13.7. The zero-order chi connectivity index (χ0) is 15.2. The highest BCUT2D eigenvalue weighted by molar-refractivity contribution is 5.76. The third-order valence-electron chi connectivity index (χ3n) is 3.68. The molecule has 1 unspecified atom stereocenters. The molecule has 0 aliphatic heterocycles. The van der Waals surface area contributed by atoms with Gasteiger partial charge in [0.1, 0.15) is 0 Å². The first-order chi connectivity index (χ1) is 10.1. The van der Waals surface area contributed by atoms with Gasteiger partial charge >= 0.3 is 0 Å². The van der Waals surface area contributed by atoms with Gasteiger partial charge in [0.05, 0.1) is 11.9 Å². The van der Waals surface area contributed by atoms with E-state index in [2.05, 4.69) is 5.10 Å². The fourth-order valence-electron chi connectivity index (χ4n) is 2.04. The number of carbonyl (C=O) groups excluding carboxylic acids is 1. The third kappa shape index (κ3) is 3.92. The number of hydrogen-bond donors (Lipinski definition) is 1. The van der Waals surface area contributed by atoms with Crippen LogP contribution in [0.15, 0.2) is 42.7 Å². The first-order valence-corrected chi connectivity index (χ1v) is 7.16. The van der Waals surface area contributed by atoms with Crippen LogP contribution in [0, 0.1) is 0 Å². The van der Waals surface area contributed by atoms with Gasteiger partial charge in [-0.1, -0.05) is 18.2 Å². The molecule has 1 atom stereocenters. The number of amides is 1. The molecule has 0 aliphatic carbocycles. The van der Waals surface area contributed by atoms with Gasteiger partial charge < -0.3 is 10.6 Å². The van der Waals surface area contributed by atoms with Gasteiger partial charge in [0, 0.05) is 32.3 Å². The largest absolute Gasteiger partial charge is 0.342 e. The maximum absolute atomic E-state index is 12.0. The van der Waals surface area contributed by atoms with E-state index in [9.17, 15) is 4.79 Å². The van der Waals surface area contributed by atoms with Crippen LogP contribution in [0.2, 0.25) is 0 Å². The average Bonchev–Trinajstić information content (AvgIpc) is 3.01. The van der Waals surface area contributed by atoms with E-state index < -0.39 is 0 Å². The summed E-state index contributed by atoms with van der Waals surface area (Å²) in [7, 11) is 1.80. The van der Waals surface area contributed by atoms with Crippen LogP contribution in [0.25, 0.3) is 5.69 Å². The standard InChI is InChI=1S/C16H22N4O/c1-13(10-17)19(2)16(21)9-8-14-11-18-20(12-14)15-6-4-3-5-7-15/h3-7,11-13H,8-10,17H2,1-2H3. The van der Waals surface area contributed by atoms with Crippen LogP contribution >= 0.6 is 0 Å². The van der Waals surface area contributed by atoms with Gasteiger partial charge in [-0.15, -0.1) is 0 Å². The van der Waals surface area contributed by atoms with Gasteiger partial charge in [0.2, 0.25) is 5.91 Å². The Morgan fingerprint density at radius 3 is 2.76 bits per heavy atom. The van der Waals surface area contributed by atoms with E-state index >= 15 is 0 Å². The molecule has 0 radical (unpaired) electrons. The number of benzene rings is 1. The predicted octanol–water partition coefficient (Wildman–Crippen LogP) is 1.61. The molecule has 2 aromatic rings. The average molecular weight is 286 g/mol. The van der Waals surface area contributed by atoms with Crippen molar-refractivity contribution in [3.05, 3.63) is 48.3 Å². The molecule has 0 bridgehead atoms. The summed E-state index contributed by atoms with van der Waals surface area (Å²) < 4.78 is 1.83. The summed E-state index contributed by atoms with van der Waals surface area (Å²) in [6.07, 6.45) is 4.94. The zero-order valence-corrected chi connectivity index (χ0v) is 12.6. The zero-order valence-electron chi connectivity index (χ0n) is 12.6. The Balaban J connectivity index is 1.93. The smallest absolute Gasteiger partial charge is 0.222 e. The van der Waals surface area contributed by atoms with Crippen LogP contribution in [0.4, 0.5) is 0 Å². The van der Waals surface area contributed by atoms with Crippen LogP contribution in [0.1, 0.15) is 18.9 Å². The predicted molar refractivity (Wildman–Crippen MR) is 83.2 cm³/mol. The van der Waals surface area contributed by atoms with Crippen molar-refractivity contribution in [2.45, 2.75) is 25.8 Å². The van der Waals surface area contributed by atoms with Crippen molar-refractivity contribution < 1.29 is 4.79 Å². The van der Waals surface area contributed by atoms with E-state index in [0.29, 0.717) is 19.4 Å². The molecule has 0 spiro atoms. The van der Waals surface area contributed by atoms with Gasteiger partial charge in [-0.25, -0.2) is 4.68 Å². The van der Waals surface area contributed by atoms with Crippen LogP contribution in [0.5, 0.6) is 0 Å². The number of para-hydroxylation sites is 1. The monoisotopic (exact) mass is 286 g/mol. The number of carbonyl (C=O) groups is 1. The van der Waals surface area contributed by atoms with E-state index in [1.165, 1.54) is 0 Å². The molecule has 1 aromatic carbocycles. The summed E-state index contributed by atoms with van der Waals surface area (Å²) >= 11 is 0. The highest BCUT2D eigenvalue weighted by atomic mass is 16.2. The first kappa shape index (κ1) is 15.3. The number of aryl methyl sites for hydroxylation is 1. The Bertz CT molecular complexity index is 579. The van der Waals surface area contributed by atoms with Crippen molar-refractivity contribution in [1.82, 2.24) is 14.7 Å². The van der Waals surface area contributed by atoms with Gasteiger partial charge in [0.25, 0.3) is 0 Å². The Kier molecular flexibility index (Phi) is 5.11. The van der Waals surface area contributed by atoms with Crippen molar-refractivity contribution in [3.8, 4) is 5.69 Å². The SMILES string of the molecule is CC(CN)N(C)C(=O)CCc1cnn(-c2ccccc2)c1. The van der Waals surface area contributed by atoms with Crippen molar-refractivity contribution in [2.24, 2.45) is 5.73 Å². The van der Waals surface area contributed by atoms with Crippen LogP contribution in [-0.4, -0.2) is 40.2 Å². The highest BCUT2D eigenvalue weighted by Gasteiger charge is 2.14. The molecule has 1 aromatic heterocycles. The highest BCUT2D eigenvalue weighted by Crippen LogP contribution is 2.10. The fraction of sp³-hybridized carbons (Fsp3) is 0.375. The molecule has 112 valence electrons. The second-order valence-corrected chi connectivity index (χ2v) is 5.22. The lowest BCUT2D eigenvalue weighted by Crippen LogP contribution is -2.39. The maximum Gasteiger partial charge on any atom is 0.222 e. The topological polar surface area (TPSA) is 64.2 Å². The summed E-state index contributed by atoms with van der Waals surface area (Å²) in [5.41, 5.74) is 7.65. The molecule has 5 heteroatoms. The van der Waals surface area contributed by atoms with E-state index in [4.69, 9.17) is 5.73 Å². The summed E-state index contributed by atoms with van der Waals surface area (Å²) in [5.74, 6) is 0.111. The normalized spacial score (nSPS) is 12.1. The Morgan fingerprint density at radius 2 is 2.10 bits per heavy atom. The molecule has 0 saturated carbocycles. The number of nitrogens with zero attached hydrogens (tertiary/aromatic N) is 3. The minimum Gasteiger partial charge on any atom is -0.342 e. The Morgan fingerprint density at radius 1 is 1.38 bits per heavy atom. The van der Waals surface area contributed by atoms with Crippen molar-refractivity contribution in [2.75, 3.05) is 13.6 Å². The number of aromatic nitrogens is 2. The third-order valence-corrected chi connectivity index (χ3v) is 3.68. The van der Waals surface area contributed by atoms with Crippen molar-refractivity contribution in [3.63, 3.8) is 0 Å². The maximum atomic E-state index is 12.0. The van der Waals surface area contributed by atoms with Gasteiger partial charge in [-0.05, 0) is 31.0 Å². The minimum absolute atomic E-state index is 0.0736. The summed E-state index contributed by atoms with van der Waals surface area (Å²) in [5, 5.41) is 4.33. The van der Waals surface area contributed by atoms with Gasteiger partial charge in [-0.3, -0.25) is 4.79 Å². The first-order valence-electron chi connectivity index (χ1n) is 7.16. The number of nitrogens with two attached hydrogens (primary N) is 1. The lowest BCUT2D eigenvalue weighted by atomic mass is 10.1. The number of likely N-dealkylation sites (N-methyl/N-ethyl adjacent to an activating group) is 1. The van der Waals surface area contributed by atoms with E-state index in [-0.39, 0.29) is 11.9 Å². The van der Waals surface area contributed by atoms with E-state index in [1.807, 2.05) is 54.3 Å². The molecule has 0 fully saturated rings. The molecule has 0 saturated heterocycles. The fourth-order valence-corrected chi connectivity index (χ4v) is 2.04. The molecular formula is C16H22N4O. The van der Waals surface area contributed by atoms with Gasteiger partial charge in [0.15, 0.2) is 0 Å². The number of hydrogen-bond acceptors (Lipinski definition) is 3. The van der Waals surface area contributed by atoms with Crippen LogP contribution < -0.4 is 5.73 Å². The molecule has 0 aliphatic rings. The van der Waals surface area contributed by atoms with Crippen LogP contribution in [-0.2, 0) is 11.2 Å². The van der Waals surface area contributed by atoms with E-state index in [1.54, 1.807) is 11.9 Å². The Hall–Kier alpha value is -2.14. The second kappa shape index (κ2) is 7.04. The van der Waals surface area contributed by atoms with Crippen molar-refractivity contribution >= 4 is 5.91 Å². The van der Waals surface area contributed by atoms with Crippen molar-refractivity contribution in [1.29, 1.82) is 0 Å². The van der Waals surface area contributed by atoms with E-state index in [0.717, 1.165) is 11.3 Å². The summed E-state index contributed by atoms with van der Waals surface area (Å²) in [6, 6.07) is 10.00. The molecule has 1 amide bonds. The Labute approximate surface area is 125 Å². The van der Waals surface area contributed by atoms with Gasteiger partial charge in [-0.2, -0.15) is 5.10 Å². The lowest BCUT2D eigenvalue weighted by Gasteiger charge is -2.23. The van der Waals surface area contributed by atoms with Crippen LogP contribution in [0.3, 0.4) is 0 Å². The second-order valence-electron chi connectivity index (χ2n) is 5.22. The quantitative estimate of drug-likeness (QED) is 0.877. The molecule has 1 heterocycles. The summed E-state index contributed by atoms with van der Waals surface area (Å²) in [6.45, 7) is 2.43. The molecule has 21 heavy (non-hydrogen) atoms. The molecular weight excluding hydrogens is 264 g/mol. The molecule has 2 N–H and O–H groups in total. The molecule has 5 nitrogen and oxygen atoms in total.